The minimum atomic E-state index is -9.24. The van der Waals surface area contributed by atoms with Crippen LogP contribution in [0, 0.1) is 0 Å². The Labute approximate surface area is 187 Å². The summed E-state index contributed by atoms with van der Waals surface area (Å²) in [5.41, 5.74) is 0. The number of rotatable bonds is 12. The number of aliphatic carboxylic acids is 1. The second kappa shape index (κ2) is 9.02. The van der Waals surface area contributed by atoms with Gasteiger partial charge in [-0.25, -0.2) is 4.79 Å². The number of carboxylic acids is 1. The van der Waals surface area contributed by atoms with Gasteiger partial charge < -0.3 is 9.84 Å². The van der Waals surface area contributed by atoms with E-state index in [0.717, 1.165) is 0 Å². The molecule has 0 rings (SSSR count). The highest BCUT2D eigenvalue weighted by atomic mass is 19.4. The van der Waals surface area contributed by atoms with E-state index in [4.69, 9.17) is 5.11 Å². The van der Waals surface area contributed by atoms with Gasteiger partial charge in [-0.15, -0.1) is 0 Å². The quantitative estimate of drug-likeness (QED) is 0.262. The van der Waals surface area contributed by atoms with Crippen molar-refractivity contribution in [3.8, 4) is 0 Å². The fourth-order valence-corrected chi connectivity index (χ4v) is 1.95. The van der Waals surface area contributed by atoms with Gasteiger partial charge in [0, 0.05) is 0 Å². The molecule has 0 radical (unpaired) electrons. The molecule has 0 fully saturated rings. The standard InChI is InChI=1S/C13H5F21O3/c14-4(15,2-37-1-3(35)36)5(16,17)6(18,19)7(20,21)8(22,23)9(24,25)10(26,27)11(28,29)12(30,31)13(32,33)34/h1-2H2,(H,35,36). The van der Waals surface area contributed by atoms with Gasteiger partial charge in [0.1, 0.15) is 13.2 Å². The molecule has 0 heterocycles. The largest absolute Gasteiger partial charge is 0.480 e. The summed E-state index contributed by atoms with van der Waals surface area (Å²) in [6, 6.07) is 0. The molecule has 0 aromatic rings. The molecular weight excluding hydrogens is 603 g/mol. The van der Waals surface area contributed by atoms with E-state index in [1.54, 1.807) is 0 Å². The van der Waals surface area contributed by atoms with E-state index >= 15 is 0 Å². The minimum absolute atomic E-state index is 2.11. The van der Waals surface area contributed by atoms with Crippen molar-refractivity contribution in [3.05, 3.63) is 0 Å². The van der Waals surface area contributed by atoms with Crippen LogP contribution in [0.15, 0.2) is 0 Å². The Hall–Kier alpha value is -2.04. The van der Waals surface area contributed by atoms with Crippen molar-refractivity contribution in [2.75, 3.05) is 13.2 Å². The van der Waals surface area contributed by atoms with Crippen molar-refractivity contribution < 1.29 is 107 Å². The first-order valence-corrected chi connectivity index (χ1v) is 7.93. The Balaban J connectivity index is 6.87. The summed E-state index contributed by atoms with van der Waals surface area (Å²) in [7, 11) is 0. The van der Waals surface area contributed by atoms with Crippen molar-refractivity contribution in [3.63, 3.8) is 0 Å². The van der Waals surface area contributed by atoms with Gasteiger partial charge >= 0.3 is 65.4 Å². The van der Waals surface area contributed by atoms with Crippen molar-refractivity contribution in [2.24, 2.45) is 0 Å². The normalized spacial score (nSPS) is 16.2. The SMILES string of the molecule is O=C(O)COCC(F)(F)C(F)(F)C(F)(F)C(F)(F)C(F)(F)C(F)(F)C(F)(F)C(F)(F)C(F)(F)C(F)(F)F. The second-order valence-electron chi connectivity index (χ2n) is 6.68. The van der Waals surface area contributed by atoms with Crippen LogP contribution in [0.1, 0.15) is 0 Å². The average molecular weight is 608 g/mol. The average Bonchev–Trinajstić information content (AvgIpc) is 2.65. The van der Waals surface area contributed by atoms with E-state index in [2.05, 4.69) is 4.74 Å². The molecule has 3 nitrogen and oxygen atoms in total. The van der Waals surface area contributed by atoms with Gasteiger partial charge in [0.05, 0.1) is 0 Å². The van der Waals surface area contributed by atoms with Crippen molar-refractivity contribution in [2.45, 2.75) is 59.5 Å². The monoisotopic (exact) mass is 608 g/mol. The highest BCUT2D eigenvalue weighted by Gasteiger charge is 2.97. The van der Waals surface area contributed by atoms with Crippen molar-refractivity contribution >= 4 is 5.97 Å². The van der Waals surface area contributed by atoms with Gasteiger partial charge in [0.25, 0.3) is 0 Å². The molecule has 24 heteroatoms. The molecule has 0 unspecified atom stereocenters. The molecular formula is C13H5F21O3. The summed E-state index contributed by atoms with van der Waals surface area (Å²) < 4.78 is 278. The number of alkyl halides is 21. The fourth-order valence-electron chi connectivity index (χ4n) is 1.95. The van der Waals surface area contributed by atoms with Crippen LogP contribution in [-0.4, -0.2) is 83.8 Å². The first-order chi connectivity index (χ1) is 15.7. The molecule has 0 atom stereocenters. The Morgan fingerprint density at radius 3 is 0.946 bits per heavy atom. The predicted molar refractivity (Wildman–Crippen MR) is 69.0 cm³/mol. The number of hydrogen-bond donors (Lipinski definition) is 1. The molecule has 1 N–H and O–H groups in total. The molecule has 37 heavy (non-hydrogen) atoms. The van der Waals surface area contributed by atoms with Crippen LogP contribution in [0.5, 0.6) is 0 Å². The van der Waals surface area contributed by atoms with Crippen molar-refractivity contribution in [1.29, 1.82) is 0 Å². The smallest absolute Gasteiger partial charge is 0.460 e. The Morgan fingerprint density at radius 1 is 0.459 bits per heavy atom. The summed E-state index contributed by atoms with van der Waals surface area (Å²) >= 11 is 0. The third-order valence-corrected chi connectivity index (χ3v) is 4.08. The molecule has 0 aliphatic rings. The van der Waals surface area contributed by atoms with Crippen LogP contribution < -0.4 is 0 Å². The van der Waals surface area contributed by atoms with Gasteiger partial charge in [-0.05, 0) is 0 Å². The summed E-state index contributed by atoms with van der Waals surface area (Å²) in [6.07, 6.45) is -8.04. The van der Waals surface area contributed by atoms with E-state index in [1.165, 1.54) is 0 Å². The maximum Gasteiger partial charge on any atom is 0.460 e. The van der Waals surface area contributed by atoms with Crippen LogP contribution in [-0.2, 0) is 9.53 Å². The van der Waals surface area contributed by atoms with Gasteiger partial charge in [0.2, 0.25) is 0 Å². The third kappa shape index (κ3) is 4.69. The topological polar surface area (TPSA) is 46.5 Å². The molecule has 0 aromatic heterocycles. The van der Waals surface area contributed by atoms with Crippen molar-refractivity contribution in [1.82, 2.24) is 0 Å². The van der Waals surface area contributed by atoms with Crippen LogP contribution in [0.4, 0.5) is 92.2 Å². The lowest BCUT2D eigenvalue weighted by atomic mass is 9.86. The zero-order chi connectivity index (χ0) is 30.7. The Bertz CT molecular complexity index is 841. The lowest BCUT2D eigenvalue weighted by molar-refractivity contribution is -0.474. The molecule has 0 spiro atoms. The van der Waals surface area contributed by atoms with E-state index in [1.807, 2.05) is 0 Å². The molecule has 0 bridgehead atoms. The molecule has 222 valence electrons. The lowest BCUT2D eigenvalue weighted by Crippen LogP contribution is -2.77. The zero-order valence-corrected chi connectivity index (χ0v) is 16.1. The number of carboxylic acid groups (broad SMARTS) is 1. The van der Waals surface area contributed by atoms with E-state index in [9.17, 15) is 97.0 Å². The summed E-state index contributed by atoms with van der Waals surface area (Å²) in [5, 5.41) is 7.98. The van der Waals surface area contributed by atoms with E-state index in [0.29, 0.717) is 0 Å². The molecule has 0 saturated carbocycles. The van der Waals surface area contributed by atoms with E-state index in [-0.39, 0.29) is 0 Å². The van der Waals surface area contributed by atoms with Gasteiger partial charge in [-0.2, -0.15) is 92.2 Å². The van der Waals surface area contributed by atoms with Gasteiger partial charge in [-0.1, -0.05) is 0 Å². The number of carbonyl (C=O) groups is 1. The fraction of sp³-hybridized carbons (Fsp3) is 0.923. The minimum Gasteiger partial charge on any atom is -0.480 e. The van der Waals surface area contributed by atoms with Crippen LogP contribution in [0.2, 0.25) is 0 Å². The predicted octanol–water partition coefficient (Wildman–Crippen LogP) is 6.37. The molecule has 0 aromatic carbocycles. The summed E-state index contributed by atoms with van der Waals surface area (Å²) in [6.45, 7) is -5.53. The second-order valence-corrected chi connectivity index (χ2v) is 6.68. The number of ether oxygens (including phenoxy) is 1. The highest BCUT2D eigenvalue weighted by Crippen LogP contribution is 2.66. The summed E-state index contributed by atoms with van der Waals surface area (Å²) in [5.74, 6) is -80.3. The first-order valence-electron chi connectivity index (χ1n) is 7.93. The maximum absolute atomic E-state index is 13.5. The Kier molecular flexibility index (Phi) is 8.52. The van der Waals surface area contributed by atoms with Gasteiger partial charge in [-0.3, -0.25) is 0 Å². The number of hydrogen-bond acceptors (Lipinski definition) is 2. The van der Waals surface area contributed by atoms with Crippen LogP contribution in [0.3, 0.4) is 0 Å². The molecule has 0 aliphatic carbocycles. The summed E-state index contributed by atoms with van der Waals surface area (Å²) in [4.78, 5) is 9.98. The molecule has 0 saturated heterocycles. The van der Waals surface area contributed by atoms with Crippen LogP contribution in [0.25, 0.3) is 0 Å². The van der Waals surface area contributed by atoms with Crippen LogP contribution >= 0.6 is 0 Å². The lowest BCUT2D eigenvalue weighted by Gasteiger charge is -2.44. The van der Waals surface area contributed by atoms with E-state index < -0.39 is 78.7 Å². The third-order valence-electron chi connectivity index (χ3n) is 4.08. The van der Waals surface area contributed by atoms with Gasteiger partial charge in [0.15, 0.2) is 0 Å². The highest BCUT2D eigenvalue weighted by molar-refractivity contribution is 5.68. The zero-order valence-electron chi connectivity index (χ0n) is 16.1. The maximum atomic E-state index is 13.5. The first kappa shape index (κ1) is 35.0. The molecule has 0 amide bonds. The Morgan fingerprint density at radius 2 is 0.703 bits per heavy atom. The number of halogens is 21. The molecule has 0 aliphatic heterocycles.